The fourth-order valence-electron chi connectivity index (χ4n) is 2.81. The Kier molecular flexibility index (Phi) is 9.31. The van der Waals surface area contributed by atoms with Gasteiger partial charge in [0, 0.05) is 27.2 Å². The fourth-order valence-corrected chi connectivity index (χ4v) is 4.83. The second kappa shape index (κ2) is 10.4. The molecule has 1 heterocycles. The maximum Gasteiger partial charge on any atom is 0.410 e. The van der Waals surface area contributed by atoms with Crippen molar-refractivity contribution in [1.82, 2.24) is 13.9 Å². The molecule has 0 aliphatic carbocycles. The molecule has 1 amide bonds. The van der Waals surface area contributed by atoms with Gasteiger partial charge in [-0.2, -0.15) is 17.4 Å². The molecule has 0 radical (unpaired) electrons. The number of amides is 1. The summed E-state index contributed by atoms with van der Waals surface area (Å²) in [5.41, 5.74) is 0.819. The average Bonchev–Trinajstić information content (AvgIpc) is 2.98. The lowest BCUT2D eigenvalue weighted by Gasteiger charge is -2.38. The van der Waals surface area contributed by atoms with E-state index in [1.54, 1.807) is 4.90 Å². The zero-order valence-corrected chi connectivity index (χ0v) is 21.5. The van der Waals surface area contributed by atoms with Crippen molar-refractivity contribution in [3.63, 3.8) is 0 Å². The Labute approximate surface area is 183 Å². The van der Waals surface area contributed by atoms with Crippen LogP contribution >= 0.6 is 0 Å². The summed E-state index contributed by atoms with van der Waals surface area (Å²) in [4.78, 5) is 14.2. The van der Waals surface area contributed by atoms with E-state index in [1.807, 2.05) is 13.0 Å². The van der Waals surface area contributed by atoms with Crippen molar-refractivity contribution in [2.24, 2.45) is 0 Å². The summed E-state index contributed by atoms with van der Waals surface area (Å²) in [6.07, 6.45) is 3.59. The molecule has 1 aliphatic rings. The largest absolute Gasteiger partial charge is 0.445 e. The first-order valence-electron chi connectivity index (χ1n) is 10.2. The van der Waals surface area contributed by atoms with Crippen LogP contribution < -0.4 is 4.72 Å². The van der Waals surface area contributed by atoms with Crippen LogP contribution in [0.15, 0.2) is 24.3 Å². The topological polar surface area (TPSA) is 88.2 Å². The van der Waals surface area contributed by atoms with Crippen LogP contribution in [-0.2, 0) is 19.4 Å². The van der Waals surface area contributed by atoms with Crippen LogP contribution in [-0.4, -0.2) is 78.0 Å². The van der Waals surface area contributed by atoms with E-state index < -0.39 is 24.6 Å². The maximum atomic E-state index is 12.6. The molecule has 8 nitrogen and oxygen atoms in total. The standard InChI is InChI=1S/C20H39N3O5SSi/c1-10-11-27-19(24)23-15-18(28-30(8,9)20(3,4)5)13-17(23)12-16(2)14-21-29(25,26)22(6)7/h10,12,17-18,21H,1,11,13-15H2,2-9H3/t17-,18-/m1/s1. The lowest BCUT2D eigenvalue weighted by molar-refractivity contribution is 0.108. The molecular formula is C20H39N3O5SSi. The number of likely N-dealkylation sites (tertiary alicyclic amines) is 1. The number of ether oxygens (including phenoxy) is 1. The van der Waals surface area contributed by atoms with E-state index in [-0.39, 0.29) is 30.3 Å². The maximum absolute atomic E-state index is 12.6. The minimum atomic E-state index is -3.51. The first-order valence-corrected chi connectivity index (χ1v) is 14.5. The van der Waals surface area contributed by atoms with Gasteiger partial charge in [0.25, 0.3) is 10.2 Å². The molecule has 2 atom stereocenters. The molecule has 1 fully saturated rings. The van der Waals surface area contributed by atoms with Crippen molar-refractivity contribution >= 4 is 24.6 Å². The van der Waals surface area contributed by atoms with Gasteiger partial charge in [-0.1, -0.05) is 45.1 Å². The van der Waals surface area contributed by atoms with E-state index in [1.165, 1.54) is 20.2 Å². The van der Waals surface area contributed by atoms with Crippen LogP contribution in [0.1, 0.15) is 34.1 Å². The Morgan fingerprint density at radius 1 is 1.33 bits per heavy atom. The van der Waals surface area contributed by atoms with E-state index >= 15 is 0 Å². The molecule has 1 aliphatic heterocycles. The fraction of sp³-hybridized carbons (Fsp3) is 0.750. The first kappa shape index (κ1) is 26.8. The highest BCUT2D eigenvalue weighted by molar-refractivity contribution is 7.87. The summed E-state index contributed by atoms with van der Waals surface area (Å²) in [5.74, 6) is 0. The molecule has 0 aromatic carbocycles. The Morgan fingerprint density at radius 3 is 2.43 bits per heavy atom. The first-order chi connectivity index (χ1) is 13.6. The van der Waals surface area contributed by atoms with Crippen molar-refractivity contribution in [3.05, 3.63) is 24.3 Å². The normalized spacial score (nSPS) is 21.2. The Balaban J connectivity index is 2.97. The van der Waals surface area contributed by atoms with Crippen LogP contribution in [0.25, 0.3) is 0 Å². The molecule has 0 bridgehead atoms. The van der Waals surface area contributed by atoms with Gasteiger partial charge in [0.1, 0.15) is 6.61 Å². The van der Waals surface area contributed by atoms with E-state index in [2.05, 4.69) is 45.2 Å². The predicted octanol–water partition coefficient (Wildman–Crippen LogP) is 3.12. The minimum Gasteiger partial charge on any atom is -0.445 e. The molecule has 1 rings (SSSR count). The molecule has 0 saturated carbocycles. The minimum absolute atomic E-state index is 0.0650. The van der Waals surface area contributed by atoms with E-state index in [4.69, 9.17) is 9.16 Å². The molecule has 1 N–H and O–H groups in total. The number of hydrogen-bond donors (Lipinski definition) is 1. The van der Waals surface area contributed by atoms with Crippen molar-refractivity contribution < 1.29 is 22.4 Å². The van der Waals surface area contributed by atoms with Crippen molar-refractivity contribution in [2.75, 3.05) is 33.8 Å². The van der Waals surface area contributed by atoms with Crippen LogP contribution in [0.4, 0.5) is 4.79 Å². The number of hydrogen-bond acceptors (Lipinski definition) is 5. The van der Waals surface area contributed by atoms with E-state index in [0.717, 1.165) is 9.88 Å². The van der Waals surface area contributed by atoms with Crippen LogP contribution in [0.3, 0.4) is 0 Å². The monoisotopic (exact) mass is 461 g/mol. The van der Waals surface area contributed by atoms with E-state index in [9.17, 15) is 13.2 Å². The van der Waals surface area contributed by atoms with Crippen molar-refractivity contribution in [2.45, 2.75) is 64.4 Å². The van der Waals surface area contributed by atoms with Gasteiger partial charge in [0.15, 0.2) is 8.32 Å². The average molecular weight is 462 g/mol. The van der Waals surface area contributed by atoms with Gasteiger partial charge in [0.05, 0.1) is 12.1 Å². The summed E-state index contributed by atoms with van der Waals surface area (Å²) < 4.78 is 39.3. The molecule has 174 valence electrons. The summed E-state index contributed by atoms with van der Waals surface area (Å²) in [5, 5.41) is 0.0650. The van der Waals surface area contributed by atoms with Crippen molar-refractivity contribution in [3.8, 4) is 0 Å². The number of carbonyl (C=O) groups excluding carboxylic acids is 1. The highest BCUT2D eigenvalue weighted by Gasteiger charge is 2.43. The van der Waals surface area contributed by atoms with Gasteiger partial charge >= 0.3 is 6.09 Å². The molecule has 30 heavy (non-hydrogen) atoms. The third-order valence-corrected chi connectivity index (χ3v) is 11.6. The highest BCUT2D eigenvalue weighted by Crippen LogP contribution is 2.39. The summed E-state index contributed by atoms with van der Waals surface area (Å²) >= 11 is 0. The molecule has 0 aromatic rings. The lowest BCUT2D eigenvalue weighted by atomic mass is 10.1. The van der Waals surface area contributed by atoms with Gasteiger partial charge in [0.2, 0.25) is 0 Å². The molecule has 0 spiro atoms. The SMILES string of the molecule is C=CCOC(=O)N1C[C@H](O[Si](C)(C)C(C)(C)C)C[C@H]1C=C(C)CNS(=O)(=O)N(C)C. The van der Waals surface area contributed by atoms with Crippen LogP contribution in [0.5, 0.6) is 0 Å². The molecule has 1 saturated heterocycles. The third kappa shape index (κ3) is 7.49. The quantitative estimate of drug-likeness (QED) is 0.421. The smallest absolute Gasteiger partial charge is 0.410 e. The van der Waals surface area contributed by atoms with E-state index in [0.29, 0.717) is 13.0 Å². The van der Waals surface area contributed by atoms with Crippen molar-refractivity contribution in [1.29, 1.82) is 0 Å². The Hall–Kier alpha value is -1.20. The molecular weight excluding hydrogens is 422 g/mol. The van der Waals surface area contributed by atoms with Gasteiger partial charge in [-0.3, -0.25) is 4.90 Å². The predicted molar refractivity (Wildman–Crippen MR) is 123 cm³/mol. The number of rotatable bonds is 9. The zero-order valence-electron chi connectivity index (χ0n) is 19.7. The number of nitrogens with zero attached hydrogens (tertiary/aromatic N) is 2. The lowest BCUT2D eigenvalue weighted by Crippen LogP contribution is -2.44. The molecule has 0 unspecified atom stereocenters. The van der Waals surface area contributed by atoms with Crippen LogP contribution in [0.2, 0.25) is 18.1 Å². The second-order valence-electron chi connectivity index (χ2n) is 9.44. The third-order valence-electron chi connectivity index (χ3n) is 5.62. The van der Waals surface area contributed by atoms with Gasteiger partial charge in [-0.15, -0.1) is 0 Å². The number of carbonyl (C=O) groups is 1. The van der Waals surface area contributed by atoms with Crippen LogP contribution in [0, 0.1) is 0 Å². The number of nitrogens with one attached hydrogen (secondary N) is 1. The second-order valence-corrected chi connectivity index (χ2v) is 16.2. The summed E-state index contributed by atoms with van der Waals surface area (Å²) in [7, 11) is -2.57. The molecule has 0 aromatic heterocycles. The zero-order chi connectivity index (χ0) is 23.3. The van der Waals surface area contributed by atoms with Gasteiger partial charge < -0.3 is 9.16 Å². The Morgan fingerprint density at radius 2 is 1.93 bits per heavy atom. The Bertz CT molecular complexity index is 744. The highest BCUT2D eigenvalue weighted by atomic mass is 32.2. The van der Waals surface area contributed by atoms with Gasteiger partial charge in [-0.25, -0.2) is 4.79 Å². The summed E-state index contributed by atoms with van der Waals surface area (Å²) in [6.45, 7) is 17.1. The summed E-state index contributed by atoms with van der Waals surface area (Å²) in [6, 6.07) is -0.221. The molecule has 10 heteroatoms. The van der Waals surface area contributed by atoms with Gasteiger partial charge in [-0.05, 0) is 31.5 Å².